The highest BCUT2D eigenvalue weighted by atomic mass is 32.2. The summed E-state index contributed by atoms with van der Waals surface area (Å²) >= 11 is 4.26. The highest BCUT2D eigenvalue weighted by Crippen LogP contribution is 2.50. The Balaban J connectivity index is 1.61. The van der Waals surface area contributed by atoms with Crippen molar-refractivity contribution in [2.75, 3.05) is 58.3 Å². The molecule has 1 N–H and O–H groups in total. The summed E-state index contributed by atoms with van der Waals surface area (Å²) in [5, 5.41) is 3.39. The largest absolute Gasteiger partial charge is 0.341 e. The normalized spacial score (nSPS) is 25.5. The summed E-state index contributed by atoms with van der Waals surface area (Å²) in [5.74, 6) is 4.32. The van der Waals surface area contributed by atoms with Crippen molar-refractivity contribution < 1.29 is 9.59 Å². The molecule has 33 heavy (non-hydrogen) atoms. The molecule has 0 aromatic heterocycles. The molecule has 3 saturated heterocycles. The third-order valence-corrected chi connectivity index (χ3v) is 10.9. The second kappa shape index (κ2) is 12.0. The highest BCUT2D eigenvalue weighted by Gasteiger charge is 2.43. The molecular weight excluding hydrogens is 452 g/mol. The number of carbonyl (C=O) groups is 2. The van der Waals surface area contributed by atoms with Gasteiger partial charge in [-0.2, -0.15) is 0 Å². The number of hydrogen-bond acceptors (Lipinski definition) is 6. The van der Waals surface area contributed by atoms with Crippen LogP contribution < -0.4 is 5.32 Å². The fourth-order valence-electron chi connectivity index (χ4n) is 5.35. The maximum absolute atomic E-state index is 13.7. The van der Waals surface area contributed by atoms with Gasteiger partial charge >= 0.3 is 0 Å². The van der Waals surface area contributed by atoms with E-state index < -0.39 is 0 Å². The standard InChI is InChI=1S/C25H46N4O2S2/c1-18(2)13-21-23(30)29(12-9-26-21)22(14-19(3)4)24(31)28-10-7-25(8-11-28)32-16-20(17-33-25)15-27(5)6/h18-22,26H,7-17H2,1-6H3/t21-,22?/m0/s1. The Labute approximate surface area is 210 Å². The van der Waals surface area contributed by atoms with E-state index in [1.54, 1.807) is 0 Å². The molecule has 3 rings (SSSR count). The smallest absolute Gasteiger partial charge is 0.245 e. The van der Waals surface area contributed by atoms with Gasteiger partial charge in [-0.25, -0.2) is 0 Å². The number of likely N-dealkylation sites (tertiary alicyclic amines) is 1. The minimum atomic E-state index is -0.320. The summed E-state index contributed by atoms with van der Waals surface area (Å²) in [4.78, 5) is 33.3. The van der Waals surface area contributed by atoms with Gasteiger partial charge in [0.05, 0.1) is 10.1 Å². The molecular formula is C25H46N4O2S2. The molecule has 3 aliphatic rings. The molecule has 6 nitrogen and oxygen atoms in total. The second-order valence-corrected chi connectivity index (χ2v) is 14.4. The van der Waals surface area contributed by atoms with Gasteiger partial charge in [0.15, 0.2) is 0 Å². The number of carbonyl (C=O) groups excluding carboxylic acids is 2. The lowest BCUT2D eigenvalue weighted by molar-refractivity contribution is -0.150. The molecule has 0 radical (unpaired) electrons. The van der Waals surface area contributed by atoms with E-state index in [4.69, 9.17) is 0 Å². The van der Waals surface area contributed by atoms with Crippen molar-refractivity contribution in [2.45, 2.75) is 69.5 Å². The predicted molar refractivity (Wildman–Crippen MR) is 142 cm³/mol. The van der Waals surface area contributed by atoms with Gasteiger partial charge < -0.3 is 20.0 Å². The van der Waals surface area contributed by atoms with Gasteiger partial charge in [0.1, 0.15) is 6.04 Å². The molecule has 3 fully saturated rings. The van der Waals surface area contributed by atoms with E-state index in [2.05, 4.69) is 80.4 Å². The molecule has 1 spiro atoms. The quantitative estimate of drug-likeness (QED) is 0.555. The molecule has 3 heterocycles. The van der Waals surface area contributed by atoms with Crippen LogP contribution in [0, 0.1) is 17.8 Å². The van der Waals surface area contributed by atoms with Crippen molar-refractivity contribution in [1.82, 2.24) is 20.0 Å². The molecule has 0 aromatic carbocycles. The van der Waals surface area contributed by atoms with Crippen molar-refractivity contribution in [3.63, 3.8) is 0 Å². The lowest BCUT2D eigenvalue weighted by Gasteiger charge is -2.47. The van der Waals surface area contributed by atoms with E-state index in [-0.39, 0.29) is 28.0 Å². The Kier molecular flexibility index (Phi) is 9.87. The van der Waals surface area contributed by atoms with Crippen molar-refractivity contribution in [1.29, 1.82) is 0 Å². The van der Waals surface area contributed by atoms with Gasteiger partial charge in [-0.05, 0) is 69.0 Å². The third-order valence-electron chi connectivity index (χ3n) is 7.01. The average molecular weight is 499 g/mol. The van der Waals surface area contributed by atoms with E-state index in [0.29, 0.717) is 18.4 Å². The number of piperazine rings is 1. The molecule has 1 unspecified atom stereocenters. The maximum Gasteiger partial charge on any atom is 0.245 e. The number of amides is 2. The summed E-state index contributed by atoms with van der Waals surface area (Å²) in [7, 11) is 4.32. The molecule has 190 valence electrons. The van der Waals surface area contributed by atoms with Crippen LogP contribution in [0.3, 0.4) is 0 Å². The van der Waals surface area contributed by atoms with Crippen molar-refractivity contribution in [3.8, 4) is 0 Å². The first-order valence-corrected chi connectivity index (χ1v) is 14.8. The van der Waals surface area contributed by atoms with Gasteiger partial charge in [0.2, 0.25) is 11.8 Å². The van der Waals surface area contributed by atoms with Gasteiger partial charge in [0, 0.05) is 32.7 Å². The number of thioether (sulfide) groups is 2. The van der Waals surface area contributed by atoms with Crippen molar-refractivity contribution in [2.24, 2.45) is 17.8 Å². The number of nitrogens with one attached hydrogen (secondary N) is 1. The first-order valence-electron chi connectivity index (χ1n) is 12.9. The zero-order chi connectivity index (χ0) is 24.2. The Morgan fingerprint density at radius 1 is 1.09 bits per heavy atom. The zero-order valence-corrected chi connectivity index (χ0v) is 23.3. The maximum atomic E-state index is 13.7. The van der Waals surface area contributed by atoms with E-state index in [9.17, 15) is 9.59 Å². The Morgan fingerprint density at radius 2 is 1.73 bits per heavy atom. The topological polar surface area (TPSA) is 55.9 Å². The van der Waals surface area contributed by atoms with Crippen LogP contribution in [0.4, 0.5) is 0 Å². The van der Waals surface area contributed by atoms with Crippen molar-refractivity contribution >= 4 is 35.3 Å². The predicted octanol–water partition coefficient (Wildman–Crippen LogP) is 3.22. The minimum Gasteiger partial charge on any atom is -0.341 e. The molecule has 2 amide bonds. The Bertz CT molecular complexity index is 655. The zero-order valence-electron chi connectivity index (χ0n) is 21.6. The lowest BCUT2D eigenvalue weighted by Crippen LogP contribution is -2.62. The molecule has 0 aliphatic carbocycles. The lowest BCUT2D eigenvalue weighted by atomic mass is 9.96. The first-order chi connectivity index (χ1) is 15.6. The molecule has 3 aliphatic heterocycles. The van der Waals surface area contributed by atoms with Crippen molar-refractivity contribution in [3.05, 3.63) is 0 Å². The van der Waals surface area contributed by atoms with E-state index in [1.807, 2.05) is 4.90 Å². The van der Waals surface area contributed by atoms with E-state index >= 15 is 0 Å². The molecule has 0 bridgehead atoms. The minimum absolute atomic E-state index is 0.118. The number of rotatable bonds is 8. The number of hydrogen-bond donors (Lipinski definition) is 1. The molecule has 8 heteroatoms. The van der Waals surface area contributed by atoms with E-state index in [0.717, 1.165) is 57.8 Å². The SMILES string of the molecule is CC(C)CC(C(=O)N1CCC2(CC1)SCC(CN(C)C)CS2)N1CCN[C@@H](CC(C)C)C1=O. The summed E-state index contributed by atoms with van der Waals surface area (Å²) in [5.41, 5.74) is 0. The van der Waals surface area contributed by atoms with Crippen LogP contribution in [0.25, 0.3) is 0 Å². The average Bonchev–Trinajstić information content (AvgIpc) is 2.75. The third kappa shape index (κ3) is 7.28. The van der Waals surface area contributed by atoms with E-state index in [1.165, 1.54) is 11.5 Å². The summed E-state index contributed by atoms with van der Waals surface area (Å²) < 4.78 is 0.278. The van der Waals surface area contributed by atoms with Gasteiger partial charge in [-0.1, -0.05) is 27.7 Å². The van der Waals surface area contributed by atoms with Crippen LogP contribution in [0.15, 0.2) is 0 Å². The summed E-state index contributed by atoms with van der Waals surface area (Å²) in [6.45, 7) is 12.8. The second-order valence-electron chi connectivity index (χ2n) is 11.3. The molecule has 2 atom stereocenters. The first kappa shape index (κ1) is 27.2. The Hall–Kier alpha value is -0.440. The number of piperidine rings is 1. The van der Waals surface area contributed by atoms with Crippen LogP contribution in [0.5, 0.6) is 0 Å². The van der Waals surface area contributed by atoms with Gasteiger partial charge in [-0.15, -0.1) is 23.5 Å². The Morgan fingerprint density at radius 3 is 2.27 bits per heavy atom. The van der Waals surface area contributed by atoms with Gasteiger partial charge in [-0.3, -0.25) is 9.59 Å². The van der Waals surface area contributed by atoms with Crippen LogP contribution in [0.2, 0.25) is 0 Å². The molecule has 0 aromatic rings. The monoisotopic (exact) mass is 498 g/mol. The molecule has 0 saturated carbocycles. The van der Waals surface area contributed by atoms with Crippen LogP contribution >= 0.6 is 23.5 Å². The number of nitrogens with zero attached hydrogens (tertiary/aromatic N) is 3. The summed E-state index contributed by atoms with van der Waals surface area (Å²) in [6.07, 6.45) is 3.69. The van der Waals surface area contributed by atoms with Crippen LogP contribution in [-0.2, 0) is 9.59 Å². The fraction of sp³-hybridized carbons (Fsp3) is 0.920. The highest BCUT2D eigenvalue weighted by molar-refractivity contribution is 8.18. The van der Waals surface area contributed by atoms with Gasteiger partial charge in [0.25, 0.3) is 0 Å². The summed E-state index contributed by atoms with van der Waals surface area (Å²) in [6, 6.07) is -0.476. The fourth-order valence-corrected chi connectivity index (χ4v) is 8.71. The van der Waals surface area contributed by atoms with Crippen LogP contribution in [-0.4, -0.2) is 101 Å². The van der Waals surface area contributed by atoms with Crippen LogP contribution in [0.1, 0.15) is 53.4 Å².